The van der Waals surface area contributed by atoms with Gasteiger partial charge in [0.15, 0.2) is 0 Å². The van der Waals surface area contributed by atoms with Crippen LogP contribution in [0.1, 0.15) is 52.4 Å². The molecule has 1 N–H and O–H groups in total. The minimum atomic E-state index is 1.11. The summed E-state index contributed by atoms with van der Waals surface area (Å²) < 4.78 is 0. The molecular formula is C12H22N2. The summed E-state index contributed by atoms with van der Waals surface area (Å²) in [7, 11) is 0. The van der Waals surface area contributed by atoms with Crippen LogP contribution in [0.3, 0.4) is 0 Å². The normalized spacial score (nSPS) is 22.1. The molecule has 0 amide bonds. The lowest BCUT2D eigenvalue weighted by Gasteiger charge is -2.08. The van der Waals surface area contributed by atoms with Gasteiger partial charge in [-0.2, -0.15) is 0 Å². The van der Waals surface area contributed by atoms with Crippen LogP contribution in [0.15, 0.2) is 16.9 Å². The Kier molecular flexibility index (Phi) is 5.35. The van der Waals surface area contributed by atoms with E-state index in [2.05, 4.69) is 24.2 Å². The molecular weight excluding hydrogens is 172 g/mol. The second-order valence-electron chi connectivity index (χ2n) is 4.01. The molecule has 0 saturated carbocycles. The van der Waals surface area contributed by atoms with Crippen molar-refractivity contribution in [1.82, 2.24) is 5.32 Å². The van der Waals surface area contributed by atoms with Gasteiger partial charge in [0, 0.05) is 24.2 Å². The number of nitrogens with zero attached hydrogens (tertiary/aromatic N) is 1. The van der Waals surface area contributed by atoms with E-state index in [0.29, 0.717) is 0 Å². The second-order valence-corrected chi connectivity index (χ2v) is 4.01. The lowest BCUT2D eigenvalue weighted by atomic mass is 10.2. The van der Waals surface area contributed by atoms with Crippen molar-refractivity contribution in [1.29, 1.82) is 0 Å². The molecule has 1 rings (SSSR count). The first-order chi connectivity index (χ1) is 6.83. The van der Waals surface area contributed by atoms with Gasteiger partial charge in [0.2, 0.25) is 0 Å². The van der Waals surface area contributed by atoms with Gasteiger partial charge in [0.25, 0.3) is 0 Å². The molecule has 0 aromatic carbocycles. The van der Waals surface area contributed by atoms with Gasteiger partial charge in [0.05, 0.1) is 0 Å². The third kappa shape index (κ3) is 4.45. The molecule has 0 aromatic rings. The maximum absolute atomic E-state index is 4.47. The van der Waals surface area contributed by atoms with Gasteiger partial charge in [0.1, 0.15) is 0 Å². The Labute approximate surface area is 87.5 Å². The molecule has 2 nitrogen and oxygen atoms in total. The lowest BCUT2D eigenvalue weighted by molar-refractivity contribution is 0.656. The van der Waals surface area contributed by atoms with E-state index >= 15 is 0 Å². The van der Waals surface area contributed by atoms with E-state index < -0.39 is 0 Å². The highest BCUT2D eigenvalue weighted by molar-refractivity contribution is 5.82. The Morgan fingerprint density at radius 1 is 1.43 bits per heavy atom. The Balaban J connectivity index is 2.50. The van der Waals surface area contributed by atoms with Crippen LogP contribution in [-0.2, 0) is 0 Å². The molecule has 0 aliphatic carbocycles. The van der Waals surface area contributed by atoms with Crippen LogP contribution in [0.25, 0.3) is 0 Å². The third-order valence-electron chi connectivity index (χ3n) is 2.56. The van der Waals surface area contributed by atoms with Crippen molar-refractivity contribution in [3.8, 4) is 0 Å². The summed E-state index contributed by atoms with van der Waals surface area (Å²) >= 11 is 0. The van der Waals surface area contributed by atoms with E-state index in [1.165, 1.54) is 37.1 Å². The number of aliphatic imine (C=N–C) groups is 1. The van der Waals surface area contributed by atoms with Crippen LogP contribution in [0.4, 0.5) is 0 Å². The van der Waals surface area contributed by atoms with E-state index in [9.17, 15) is 0 Å². The van der Waals surface area contributed by atoms with Crippen LogP contribution < -0.4 is 5.32 Å². The van der Waals surface area contributed by atoms with Crippen LogP contribution in [0, 0.1) is 0 Å². The molecule has 1 aliphatic heterocycles. The highest BCUT2D eigenvalue weighted by Gasteiger charge is 1.99. The van der Waals surface area contributed by atoms with Crippen molar-refractivity contribution in [2.24, 2.45) is 4.99 Å². The van der Waals surface area contributed by atoms with Crippen molar-refractivity contribution in [2.45, 2.75) is 52.4 Å². The Morgan fingerprint density at radius 3 is 3.07 bits per heavy atom. The zero-order chi connectivity index (χ0) is 10.2. The molecule has 2 heteroatoms. The predicted octanol–water partition coefficient (Wildman–Crippen LogP) is 3.25. The molecule has 14 heavy (non-hydrogen) atoms. The zero-order valence-corrected chi connectivity index (χ0v) is 9.47. The summed E-state index contributed by atoms with van der Waals surface area (Å²) in [5.74, 6) is 0. The summed E-state index contributed by atoms with van der Waals surface area (Å²) in [6, 6.07) is 0. The molecule has 1 heterocycles. The average Bonchev–Trinajstić information content (AvgIpc) is 2.28. The molecule has 1 aliphatic rings. The SMILES string of the molecule is CCCC/C1=C/N=C(C)CCCCN1. The summed E-state index contributed by atoms with van der Waals surface area (Å²) in [6.07, 6.45) is 9.35. The van der Waals surface area contributed by atoms with Crippen LogP contribution in [0.5, 0.6) is 0 Å². The average molecular weight is 194 g/mol. The van der Waals surface area contributed by atoms with E-state index in [-0.39, 0.29) is 0 Å². The number of rotatable bonds is 3. The molecule has 0 radical (unpaired) electrons. The number of hydrogen-bond donors (Lipinski definition) is 1. The first-order valence-electron chi connectivity index (χ1n) is 5.79. The van der Waals surface area contributed by atoms with Crippen molar-refractivity contribution in [2.75, 3.05) is 6.54 Å². The topological polar surface area (TPSA) is 24.4 Å². The fourth-order valence-corrected chi connectivity index (χ4v) is 1.57. The van der Waals surface area contributed by atoms with E-state index in [1.807, 2.05) is 6.20 Å². The van der Waals surface area contributed by atoms with Gasteiger partial charge >= 0.3 is 0 Å². The van der Waals surface area contributed by atoms with Crippen LogP contribution in [-0.4, -0.2) is 12.3 Å². The summed E-state index contributed by atoms with van der Waals surface area (Å²) in [5.41, 5.74) is 2.58. The Bertz CT molecular complexity index is 212. The van der Waals surface area contributed by atoms with Gasteiger partial charge in [-0.15, -0.1) is 0 Å². The number of allylic oxidation sites excluding steroid dienone is 1. The quantitative estimate of drug-likeness (QED) is 0.732. The minimum absolute atomic E-state index is 1.11. The van der Waals surface area contributed by atoms with Crippen molar-refractivity contribution in [3.05, 3.63) is 11.9 Å². The van der Waals surface area contributed by atoms with E-state index in [1.54, 1.807) is 0 Å². The van der Waals surface area contributed by atoms with Gasteiger partial charge in [-0.3, -0.25) is 4.99 Å². The number of unbranched alkanes of at least 4 members (excludes halogenated alkanes) is 1. The Morgan fingerprint density at radius 2 is 2.29 bits per heavy atom. The Hall–Kier alpha value is -0.790. The highest BCUT2D eigenvalue weighted by Crippen LogP contribution is 2.08. The monoisotopic (exact) mass is 194 g/mol. The first-order valence-corrected chi connectivity index (χ1v) is 5.79. The largest absolute Gasteiger partial charge is 0.387 e. The highest BCUT2D eigenvalue weighted by atomic mass is 14.9. The van der Waals surface area contributed by atoms with Gasteiger partial charge in [-0.05, 0) is 39.0 Å². The standard InChI is InChI=1S/C12H22N2/c1-3-4-8-12-10-14-11(2)7-5-6-9-13-12/h10,13H,3-9H2,1-2H3/b12-10-,14-11?. The third-order valence-corrected chi connectivity index (χ3v) is 2.56. The van der Waals surface area contributed by atoms with Crippen molar-refractivity contribution < 1.29 is 0 Å². The molecule has 0 spiro atoms. The van der Waals surface area contributed by atoms with Crippen LogP contribution >= 0.6 is 0 Å². The number of hydrogen-bond acceptors (Lipinski definition) is 2. The molecule has 0 fully saturated rings. The molecule has 80 valence electrons. The molecule has 0 atom stereocenters. The zero-order valence-electron chi connectivity index (χ0n) is 9.47. The minimum Gasteiger partial charge on any atom is -0.387 e. The number of nitrogens with one attached hydrogen (secondary N) is 1. The molecule has 0 bridgehead atoms. The maximum atomic E-state index is 4.47. The van der Waals surface area contributed by atoms with Crippen molar-refractivity contribution >= 4 is 5.71 Å². The lowest BCUT2D eigenvalue weighted by Crippen LogP contribution is -2.14. The molecule has 0 unspecified atom stereocenters. The van der Waals surface area contributed by atoms with E-state index in [0.717, 1.165) is 19.4 Å². The summed E-state index contributed by atoms with van der Waals surface area (Å²) in [6.45, 7) is 5.46. The first kappa shape index (κ1) is 11.3. The van der Waals surface area contributed by atoms with E-state index in [4.69, 9.17) is 0 Å². The fraction of sp³-hybridized carbons (Fsp3) is 0.750. The molecule has 0 saturated heterocycles. The summed E-state index contributed by atoms with van der Waals surface area (Å²) in [5, 5.41) is 3.47. The fourth-order valence-electron chi connectivity index (χ4n) is 1.57. The molecule has 0 aromatic heterocycles. The summed E-state index contributed by atoms with van der Waals surface area (Å²) in [4.78, 5) is 4.47. The van der Waals surface area contributed by atoms with Gasteiger partial charge < -0.3 is 5.32 Å². The second kappa shape index (κ2) is 6.63. The van der Waals surface area contributed by atoms with Crippen molar-refractivity contribution in [3.63, 3.8) is 0 Å². The van der Waals surface area contributed by atoms with Gasteiger partial charge in [-0.1, -0.05) is 13.3 Å². The van der Waals surface area contributed by atoms with Crippen LogP contribution in [0.2, 0.25) is 0 Å². The maximum Gasteiger partial charge on any atom is 0.0456 e. The smallest absolute Gasteiger partial charge is 0.0456 e. The predicted molar refractivity (Wildman–Crippen MR) is 62.6 cm³/mol. The van der Waals surface area contributed by atoms with Gasteiger partial charge in [-0.25, -0.2) is 0 Å².